The molecule has 2 unspecified atom stereocenters. The van der Waals surface area contributed by atoms with E-state index in [1.807, 2.05) is 0 Å². The van der Waals surface area contributed by atoms with E-state index < -0.39 is 35.6 Å². The molecule has 1 aromatic carbocycles. The molecule has 20 heavy (non-hydrogen) atoms. The van der Waals surface area contributed by atoms with Crippen LogP contribution in [0.15, 0.2) is 24.3 Å². The van der Waals surface area contributed by atoms with Crippen molar-refractivity contribution in [1.82, 2.24) is 4.90 Å². The molecule has 2 amide bonds. The predicted octanol–water partition coefficient (Wildman–Crippen LogP) is 0.285. The van der Waals surface area contributed by atoms with Gasteiger partial charge in [0.05, 0.1) is 5.92 Å². The second-order valence-corrected chi connectivity index (χ2v) is 4.65. The monoisotopic (exact) mass is 280 g/mol. The van der Waals surface area contributed by atoms with Crippen LogP contribution in [0.1, 0.15) is 18.0 Å². The lowest BCUT2D eigenvalue weighted by Gasteiger charge is -2.24. The minimum atomic E-state index is -1.32. The number of carboxylic acid groups (broad SMARTS) is 1. The van der Waals surface area contributed by atoms with Gasteiger partial charge in [-0.25, -0.2) is 9.18 Å². The van der Waals surface area contributed by atoms with Crippen LogP contribution < -0.4 is 5.73 Å². The molecule has 1 fully saturated rings. The first kappa shape index (κ1) is 14.0. The van der Waals surface area contributed by atoms with Crippen LogP contribution in [0.3, 0.4) is 0 Å². The summed E-state index contributed by atoms with van der Waals surface area (Å²) in [5, 5.41) is 9.29. The van der Waals surface area contributed by atoms with Gasteiger partial charge in [-0.05, 0) is 17.7 Å². The number of aliphatic carboxylic acids is 1. The maximum absolute atomic E-state index is 13.2. The fourth-order valence-electron chi connectivity index (χ4n) is 2.30. The van der Waals surface area contributed by atoms with Gasteiger partial charge < -0.3 is 15.7 Å². The Bertz CT molecular complexity index is 575. The number of nitrogens with zero attached hydrogens (tertiary/aromatic N) is 1. The van der Waals surface area contributed by atoms with Gasteiger partial charge >= 0.3 is 5.97 Å². The second-order valence-electron chi connectivity index (χ2n) is 4.65. The zero-order chi connectivity index (χ0) is 14.9. The van der Waals surface area contributed by atoms with Gasteiger partial charge in [0.25, 0.3) is 0 Å². The number of hydrogen-bond donors (Lipinski definition) is 2. The quantitative estimate of drug-likeness (QED) is 0.827. The van der Waals surface area contributed by atoms with E-state index in [0.29, 0.717) is 0 Å². The third-order valence-electron chi connectivity index (χ3n) is 3.27. The first-order chi connectivity index (χ1) is 9.40. The van der Waals surface area contributed by atoms with Gasteiger partial charge in [0.1, 0.15) is 5.82 Å². The van der Waals surface area contributed by atoms with Gasteiger partial charge in [-0.1, -0.05) is 12.1 Å². The third-order valence-corrected chi connectivity index (χ3v) is 3.27. The Balaban J connectivity index is 2.33. The molecule has 1 aliphatic rings. The zero-order valence-corrected chi connectivity index (χ0v) is 10.5. The van der Waals surface area contributed by atoms with Crippen molar-refractivity contribution in [2.24, 2.45) is 11.7 Å². The molecule has 2 rings (SSSR count). The smallest absolute Gasteiger partial charge is 0.331 e. The van der Waals surface area contributed by atoms with Crippen LogP contribution in [0.5, 0.6) is 0 Å². The summed E-state index contributed by atoms with van der Waals surface area (Å²) in [7, 11) is 0. The first-order valence-electron chi connectivity index (χ1n) is 5.97. The number of carboxylic acids is 1. The van der Waals surface area contributed by atoms with Crippen molar-refractivity contribution in [3.8, 4) is 0 Å². The van der Waals surface area contributed by atoms with Gasteiger partial charge in [0, 0.05) is 13.0 Å². The number of nitrogens with two attached hydrogens (primary N) is 1. The highest BCUT2D eigenvalue weighted by molar-refractivity contribution is 5.91. The fraction of sp³-hybridized carbons (Fsp3) is 0.308. The van der Waals surface area contributed by atoms with E-state index in [0.717, 1.165) is 11.0 Å². The fourth-order valence-corrected chi connectivity index (χ4v) is 2.30. The summed E-state index contributed by atoms with van der Waals surface area (Å²) < 4.78 is 13.2. The Labute approximate surface area is 114 Å². The minimum absolute atomic E-state index is 0.0678. The molecule has 0 saturated carbocycles. The summed E-state index contributed by atoms with van der Waals surface area (Å²) in [6.07, 6.45) is -0.117. The van der Waals surface area contributed by atoms with Crippen molar-refractivity contribution >= 4 is 17.8 Å². The zero-order valence-electron chi connectivity index (χ0n) is 10.5. The first-order valence-corrected chi connectivity index (χ1v) is 5.97. The molecule has 3 N–H and O–H groups in total. The largest absolute Gasteiger partial charge is 0.479 e. The second kappa shape index (κ2) is 5.28. The van der Waals surface area contributed by atoms with E-state index in [4.69, 9.17) is 5.73 Å². The molecular formula is C13H13FN2O4. The molecule has 0 radical (unpaired) electrons. The van der Waals surface area contributed by atoms with Gasteiger partial charge in [-0.15, -0.1) is 0 Å². The number of primary amides is 1. The Morgan fingerprint density at radius 3 is 2.65 bits per heavy atom. The van der Waals surface area contributed by atoms with E-state index in [1.54, 1.807) is 0 Å². The normalized spacial score (nSPS) is 19.9. The predicted molar refractivity (Wildman–Crippen MR) is 65.8 cm³/mol. The topological polar surface area (TPSA) is 101 Å². The van der Waals surface area contributed by atoms with Crippen molar-refractivity contribution in [3.63, 3.8) is 0 Å². The lowest BCUT2D eigenvalue weighted by molar-refractivity contribution is -0.148. The lowest BCUT2D eigenvalue weighted by Crippen LogP contribution is -2.36. The number of likely N-dealkylation sites (tertiary alicyclic amines) is 1. The minimum Gasteiger partial charge on any atom is -0.479 e. The highest BCUT2D eigenvalue weighted by Gasteiger charge is 2.40. The number of rotatable bonds is 4. The molecule has 6 nitrogen and oxygen atoms in total. The summed E-state index contributed by atoms with van der Waals surface area (Å²) in [5.74, 6) is -3.71. The number of hydrogen-bond acceptors (Lipinski definition) is 3. The summed E-state index contributed by atoms with van der Waals surface area (Å²) >= 11 is 0. The molecule has 0 bridgehead atoms. The number of amides is 2. The Hall–Kier alpha value is -2.44. The Morgan fingerprint density at radius 2 is 2.15 bits per heavy atom. The summed E-state index contributed by atoms with van der Waals surface area (Å²) in [6, 6.07) is 3.71. The van der Waals surface area contributed by atoms with Crippen LogP contribution in [0.2, 0.25) is 0 Å². The van der Waals surface area contributed by atoms with E-state index in [2.05, 4.69) is 0 Å². The van der Waals surface area contributed by atoms with E-state index in [-0.39, 0.29) is 18.5 Å². The number of benzene rings is 1. The van der Waals surface area contributed by atoms with Crippen LogP contribution in [0.4, 0.5) is 4.39 Å². The molecule has 1 heterocycles. The highest BCUT2D eigenvalue weighted by Crippen LogP contribution is 2.29. The van der Waals surface area contributed by atoms with E-state index >= 15 is 0 Å². The molecule has 1 aliphatic heterocycles. The van der Waals surface area contributed by atoms with Gasteiger partial charge in [0.15, 0.2) is 6.04 Å². The molecule has 0 aromatic heterocycles. The Morgan fingerprint density at radius 1 is 1.45 bits per heavy atom. The standard InChI is InChI=1S/C13H13FN2O4/c14-9-3-1-2-7(4-9)11(13(19)20)16-6-8(12(15)18)5-10(16)17/h1-4,8,11H,5-6H2,(H2,15,18)(H,19,20). The van der Waals surface area contributed by atoms with Crippen molar-refractivity contribution in [3.05, 3.63) is 35.6 Å². The van der Waals surface area contributed by atoms with E-state index in [9.17, 15) is 23.9 Å². The molecule has 106 valence electrons. The number of halogens is 1. The van der Waals surface area contributed by atoms with Crippen molar-refractivity contribution in [2.45, 2.75) is 12.5 Å². The van der Waals surface area contributed by atoms with Gasteiger partial charge in [-0.3, -0.25) is 9.59 Å². The molecule has 2 atom stereocenters. The van der Waals surface area contributed by atoms with Crippen molar-refractivity contribution in [2.75, 3.05) is 6.54 Å². The Kier molecular flexibility index (Phi) is 3.69. The number of carbonyl (C=O) groups is 3. The van der Waals surface area contributed by atoms with Gasteiger partial charge in [-0.2, -0.15) is 0 Å². The molecule has 0 spiro atoms. The maximum Gasteiger partial charge on any atom is 0.331 e. The van der Waals surface area contributed by atoms with Crippen LogP contribution in [-0.2, 0) is 14.4 Å². The van der Waals surface area contributed by atoms with Crippen molar-refractivity contribution < 1.29 is 23.9 Å². The summed E-state index contributed by atoms with van der Waals surface area (Å²) in [4.78, 5) is 35.4. The average molecular weight is 280 g/mol. The SMILES string of the molecule is NC(=O)C1CC(=O)N(C(C(=O)O)c2cccc(F)c2)C1. The highest BCUT2D eigenvalue weighted by atomic mass is 19.1. The molecule has 1 saturated heterocycles. The molecule has 1 aromatic rings. The average Bonchev–Trinajstić information content (AvgIpc) is 2.72. The number of carbonyl (C=O) groups excluding carboxylic acids is 2. The third kappa shape index (κ3) is 2.61. The summed E-state index contributed by atoms with van der Waals surface area (Å²) in [5.41, 5.74) is 5.29. The lowest BCUT2D eigenvalue weighted by atomic mass is 10.1. The van der Waals surface area contributed by atoms with Crippen LogP contribution >= 0.6 is 0 Å². The van der Waals surface area contributed by atoms with E-state index in [1.165, 1.54) is 18.2 Å². The van der Waals surface area contributed by atoms with Crippen LogP contribution in [0.25, 0.3) is 0 Å². The van der Waals surface area contributed by atoms with Crippen LogP contribution in [0, 0.1) is 11.7 Å². The maximum atomic E-state index is 13.2. The van der Waals surface area contributed by atoms with Crippen LogP contribution in [-0.4, -0.2) is 34.3 Å². The summed E-state index contributed by atoms with van der Waals surface area (Å²) in [6.45, 7) is -0.0678. The van der Waals surface area contributed by atoms with Crippen molar-refractivity contribution in [1.29, 1.82) is 0 Å². The molecule has 0 aliphatic carbocycles. The molecule has 7 heteroatoms. The van der Waals surface area contributed by atoms with Gasteiger partial charge in [0.2, 0.25) is 11.8 Å². The molecular weight excluding hydrogens is 267 g/mol.